The first kappa shape index (κ1) is 11.2. The molecule has 1 saturated heterocycles. The number of rotatable bonds is 2. The minimum Gasteiger partial charge on any atom is -0.490 e. The van der Waals surface area contributed by atoms with E-state index in [4.69, 9.17) is 4.74 Å². The fourth-order valence-electron chi connectivity index (χ4n) is 1.84. The molecule has 0 unspecified atom stereocenters. The van der Waals surface area contributed by atoms with Crippen molar-refractivity contribution in [1.82, 2.24) is 4.90 Å². The van der Waals surface area contributed by atoms with E-state index in [1.165, 1.54) is 3.57 Å². The maximum absolute atomic E-state index is 5.95. The minimum atomic E-state index is 0.402. The Morgan fingerprint density at radius 2 is 2.07 bits per heavy atom. The molecule has 2 nitrogen and oxygen atoms in total. The molecule has 0 radical (unpaired) electrons. The van der Waals surface area contributed by atoms with Crippen LogP contribution in [-0.2, 0) is 0 Å². The van der Waals surface area contributed by atoms with Crippen LogP contribution in [0.15, 0.2) is 24.3 Å². The molecule has 0 aromatic heterocycles. The molecule has 0 aliphatic carbocycles. The van der Waals surface area contributed by atoms with Crippen molar-refractivity contribution in [2.24, 2.45) is 0 Å². The van der Waals surface area contributed by atoms with Crippen LogP contribution >= 0.6 is 22.6 Å². The molecule has 15 heavy (non-hydrogen) atoms. The fraction of sp³-hybridized carbons (Fsp3) is 0.500. The van der Waals surface area contributed by atoms with Gasteiger partial charge < -0.3 is 9.64 Å². The van der Waals surface area contributed by atoms with Crippen molar-refractivity contribution in [2.75, 3.05) is 20.1 Å². The first-order valence-corrected chi connectivity index (χ1v) is 6.43. The lowest BCUT2D eigenvalue weighted by molar-refractivity contribution is 0.114. The van der Waals surface area contributed by atoms with Crippen LogP contribution in [0, 0.1) is 3.57 Å². The predicted octanol–water partition coefficient (Wildman–Crippen LogP) is 2.76. The Balaban J connectivity index is 1.92. The standard InChI is InChI=1S/C12H16INO/c1-14-7-5-11(6-8-14)15-12-4-2-3-10(13)9-12/h2-4,9,11H,5-8H2,1H3. The molecular weight excluding hydrogens is 301 g/mol. The Kier molecular flexibility index (Phi) is 3.86. The molecule has 1 fully saturated rings. The number of benzene rings is 1. The highest BCUT2D eigenvalue weighted by Gasteiger charge is 2.17. The van der Waals surface area contributed by atoms with Crippen LogP contribution < -0.4 is 4.74 Å². The molecule has 1 aromatic carbocycles. The molecule has 1 aromatic rings. The van der Waals surface area contributed by atoms with Gasteiger partial charge in [0.25, 0.3) is 0 Å². The highest BCUT2D eigenvalue weighted by Crippen LogP contribution is 2.20. The van der Waals surface area contributed by atoms with Crippen molar-refractivity contribution in [3.63, 3.8) is 0 Å². The van der Waals surface area contributed by atoms with Crippen molar-refractivity contribution in [3.05, 3.63) is 27.8 Å². The van der Waals surface area contributed by atoms with Crippen molar-refractivity contribution in [2.45, 2.75) is 18.9 Å². The molecule has 0 atom stereocenters. The van der Waals surface area contributed by atoms with E-state index in [0.717, 1.165) is 31.7 Å². The van der Waals surface area contributed by atoms with E-state index < -0.39 is 0 Å². The van der Waals surface area contributed by atoms with Crippen molar-refractivity contribution in [1.29, 1.82) is 0 Å². The highest BCUT2D eigenvalue weighted by molar-refractivity contribution is 14.1. The van der Waals surface area contributed by atoms with Crippen LogP contribution in [0.5, 0.6) is 5.75 Å². The van der Waals surface area contributed by atoms with E-state index in [9.17, 15) is 0 Å². The number of piperidine rings is 1. The topological polar surface area (TPSA) is 12.5 Å². The van der Waals surface area contributed by atoms with Gasteiger partial charge in [0, 0.05) is 16.7 Å². The first-order chi connectivity index (χ1) is 7.24. The molecule has 0 N–H and O–H groups in total. The van der Waals surface area contributed by atoms with Crippen LogP contribution in [0.1, 0.15) is 12.8 Å². The second-order valence-electron chi connectivity index (χ2n) is 4.08. The molecule has 0 spiro atoms. The van der Waals surface area contributed by atoms with Gasteiger partial charge in [-0.05, 0) is 60.7 Å². The van der Waals surface area contributed by atoms with E-state index in [-0.39, 0.29) is 0 Å². The van der Waals surface area contributed by atoms with Crippen LogP contribution in [0.3, 0.4) is 0 Å². The molecule has 1 aliphatic rings. The third-order valence-corrected chi connectivity index (χ3v) is 3.44. The highest BCUT2D eigenvalue weighted by atomic mass is 127. The minimum absolute atomic E-state index is 0.402. The molecule has 82 valence electrons. The summed E-state index contributed by atoms with van der Waals surface area (Å²) in [7, 11) is 2.17. The maximum atomic E-state index is 5.95. The lowest BCUT2D eigenvalue weighted by atomic mass is 10.1. The largest absolute Gasteiger partial charge is 0.490 e. The summed E-state index contributed by atoms with van der Waals surface area (Å²) < 4.78 is 7.19. The van der Waals surface area contributed by atoms with Gasteiger partial charge in [-0.1, -0.05) is 6.07 Å². The average molecular weight is 317 g/mol. The number of hydrogen-bond acceptors (Lipinski definition) is 2. The number of nitrogens with zero attached hydrogens (tertiary/aromatic N) is 1. The van der Waals surface area contributed by atoms with E-state index in [0.29, 0.717) is 6.10 Å². The molecule has 1 aliphatic heterocycles. The van der Waals surface area contributed by atoms with E-state index in [1.54, 1.807) is 0 Å². The summed E-state index contributed by atoms with van der Waals surface area (Å²) in [4.78, 5) is 2.36. The summed E-state index contributed by atoms with van der Waals surface area (Å²) in [5, 5.41) is 0. The molecule has 0 amide bonds. The fourth-order valence-corrected chi connectivity index (χ4v) is 2.35. The third-order valence-electron chi connectivity index (χ3n) is 2.76. The van der Waals surface area contributed by atoms with E-state index in [2.05, 4.69) is 46.7 Å². The zero-order valence-electron chi connectivity index (χ0n) is 8.95. The predicted molar refractivity (Wildman–Crippen MR) is 70.3 cm³/mol. The smallest absolute Gasteiger partial charge is 0.120 e. The Morgan fingerprint density at radius 3 is 2.73 bits per heavy atom. The van der Waals surface area contributed by atoms with Crippen LogP contribution in [0.4, 0.5) is 0 Å². The monoisotopic (exact) mass is 317 g/mol. The Bertz CT molecular complexity index is 321. The van der Waals surface area contributed by atoms with Gasteiger partial charge >= 0.3 is 0 Å². The molecule has 3 heteroatoms. The lowest BCUT2D eigenvalue weighted by Gasteiger charge is -2.29. The summed E-state index contributed by atoms with van der Waals surface area (Å²) in [5.41, 5.74) is 0. The summed E-state index contributed by atoms with van der Waals surface area (Å²) >= 11 is 2.31. The van der Waals surface area contributed by atoms with Crippen LogP contribution in [0.25, 0.3) is 0 Å². The quantitative estimate of drug-likeness (QED) is 0.778. The first-order valence-electron chi connectivity index (χ1n) is 5.35. The summed E-state index contributed by atoms with van der Waals surface area (Å²) in [6.07, 6.45) is 2.68. The van der Waals surface area contributed by atoms with Crippen molar-refractivity contribution < 1.29 is 4.74 Å². The maximum Gasteiger partial charge on any atom is 0.120 e. The zero-order chi connectivity index (χ0) is 10.7. The van der Waals surface area contributed by atoms with Gasteiger partial charge in [0.2, 0.25) is 0 Å². The van der Waals surface area contributed by atoms with Crippen LogP contribution in [0.2, 0.25) is 0 Å². The van der Waals surface area contributed by atoms with Crippen molar-refractivity contribution in [3.8, 4) is 5.75 Å². The van der Waals surface area contributed by atoms with E-state index >= 15 is 0 Å². The third kappa shape index (κ3) is 3.34. The SMILES string of the molecule is CN1CCC(Oc2cccc(I)c2)CC1. The number of hydrogen-bond donors (Lipinski definition) is 0. The second-order valence-corrected chi connectivity index (χ2v) is 5.32. The Hall–Kier alpha value is -0.290. The van der Waals surface area contributed by atoms with Gasteiger partial charge in [-0.2, -0.15) is 0 Å². The van der Waals surface area contributed by atoms with Gasteiger partial charge in [-0.25, -0.2) is 0 Å². The summed E-state index contributed by atoms with van der Waals surface area (Å²) in [5.74, 6) is 1.01. The normalized spacial score (nSPS) is 19.1. The Morgan fingerprint density at radius 1 is 1.33 bits per heavy atom. The summed E-state index contributed by atoms with van der Waals surface area (Å²) in [6.45, 7) is 2.29. The van der Waals surface area contributed by atoms with Crippen molar-refractivity contribution >= 4 is 22.6 Å². The molecule has 0 saturated carbocycles. The summed E-state index contributed by atoms with van der Waals surface area (Å²) in [6, 6.07) is 8.27. The molecule has 1 heterocycles. The zero-order valence-corrected chi connectivity index (χ0v) is 11.1. The molecule has 0 bridgehead atoms. The van der Waals surface area contributed by atoms with E-state index in [1.807, 2.05) is 12.1 Å². The average Bonchev–Trinajstić information content (AvgIpc) is 2.22. The van der Waals surface area contributed by atoms with Gasteiger partial charge in [-0.15, -0.1) is 0 Å². The number of likely N-dealkylation sites (tertiary alicyclic amines) is 1. The van der Waals surface area contributed by atoms with Gasteiger partial charge in [0.05, 0.1) is 0 Å². The number of ether oxygens (including phenoxy) is 1. The second kappa shape index (κ2) is 5.16. The Labute approximate surface area is 105 Å². The van der Waals surface area contributed by atoms with Gasteiger partial charge in [-0.3, -0.25) is 0 Å². The van der Waals surface area contributed by atoms with Crippen LogP contribution in [-0.4, -0.2) is 31.1 Å². The molecule has 2 rings (SSSR count). The number of halogens is 1. The molecular formula is C12H16INO. The van der Waals surface area contributed by atoms with Gasteiger partial charge in [0.1, 0.15) is 11.9 Å². The van der Waals surface area contributed by atoms with Gasteiger partial charge in [0.15, 0.2) is 0 Å². The lowest BCUT2D eigenvalue weighted by Crippen LogP contribution is -2.35.